The van der Waals surface area contributed by atoms with E-state index in [9.17, 15) is 9.59 Å². The lowest BCUT2D eigenvalue weighted by molar-refractivity contribution is -0.140. The lowest BCUT2D eigenvalue weighted by Gasteiger charge is -2.27. The standard InChI is InChI=1S/C18H21N3O2S/c1-3-20(4-2)18(23)16-12-24-13-21(16)17(22)10-9-14-7-5-6-8-15(14)11-19/h5-10,16H,3-4,12-13H2,1-2H3/b10-9+/t16-/m1/s1. The topological polar surface area (TPSA) is 64.4 Å². The zero-order valence-electron chi connectivity index (χ0n) is 13.9. The van der Waals surface area contributed by atoms with E-state index in [0.29, 0.717) is 35.8 Å². The van der Waals surface area contributed by atoms with Gasteiger partial charge in [0.25, 0.3) is 0 Å². The molecule has 24 heavy (non-hydrogen) atoms. The van der Waals surface area contributed by atoms with E-state index in [0.717, 1.165) is 0 Å². The number of rotatable bonds is 5. The van der Waals surface area contributed by atoms with Crippen LogP contribution in [0.2, 0.25) is 0 Å². The smallest absolute Gasteiger partial charge is 0.247 e. The molecule has 1 aliphatic rings. The van der Waals surface area contributed by atoms with Crippen molar-refractivity contribution in [3.63, 3.8) is 0 Å². The summed E-state index contributed by atoms with van der Waals surface area (Å²) in [6.07, 6.45) is 3.09. The predicted molar refractivity (Wildman–Crippen MR) is 96.1 cm³/mol. The van der Waals surface area contributed by atoms with Gasteiger partial charge in [-0.3, -0.25) is 9.59 Å². The SMILES string of the molecule is CCN(CC)C(=O)[C@H]1CSCN1C(=O)/C=C/c1ccccc1C#N. The van der Waals surface area contributed by atoms with Gasteiger partial charge in [-0.25, -0.2) is 0 Å². The van der Waals surface area contributed by atoms with Gasteiger partial charge in [0.15, 0.2) is 0 Å². The fraction of sp³-hybridized carbons (Fsp3) is 0.389. The molecule has 1 heterocycles. The fourth-order valence-electron chi connectivity index (χ4n) is 2.61. The molecule has 1 aromatic carbocycles. The molecule has 0 radical (unpaired) electrons. The number of amides is 2. The molecular weight excluding hydrogens is 322 g/mol. The van der Waals surface area contributed by atoms with Crippen LogP contribution in [0, 0.1) is 11.3 Å². The van der Waals surface area contributed by atoms with Crippen molar-refractivity contribution in [2.75, 3.05) is 24.7 Å². The van der Waals surface area contributed by atoms with E-state index in [4.69, 9.17) is 5.26 Å². The van der Waals surface area contributed by atoms with E-state index in [2.05, 4.69) is 6.07 Å². The quantitative estimate of drug-likeness (QED) is 0.770. The minimum Gasteiger partial charge on any atom is -0.341 e. The number of nitriles is 1. The Balaban J connectivity index is 2.12. The third-order valence-corrected chi connectivity index (χ3v) is 5.02. The van der Waals surface area contributed by atoms with Crippen molar-refractivity contribution in [3.8, 4) is 6.07 Å². The second-order valence-corrected chi connectivity index (χ2v) is 6.37. The first-order valence-corrected chi connectivity index (χ1v) is 9.12. The molecule has 2 amide bonds. The first kappa shape index (κ1) is 18.1. The second-order valence-electron chi connectivity index (χ2n) is 5.37. The van der Waals surface area contributed by atoms with Crippen LogP contribution in [0.5, 0.6) is 0 Å². The number of carbonyl (C=O) groups excluding carboxylic acids is 2. The Bertz CT molecular complexity index is 677. The molecule has 5 nitrogen and oxygen atoms in total. The van der Waals surface area contributed by atoms with Gasteiger partial charge in [-0.1, -0.05) is 18.2 Å². The van der Waals surface area contributed by atoms with Crippen molar-refractivity contribution in [3.05, 3.63) is 41.5 Å². The summed E-state index contributed by atoms with van der Waals surface area (Å²) < 4.78 is 0. The molecule has 6 heteroatoms. The molecule has 0 saturated carbocycles. The predicted octanol–water partition coefficient (Wildman–Crippen LogP) is 2.34. The van der Waals surface area contributed by atoms with Crippen molar-refractivity contribution in [1.29, 1.82) is 5.26 Å². The van der Waals surface area contributed by atoms with E-state index in [1.807, 2.05) is 19.9 Å². The van der Waals surface area contributed by atoms with Gasteiger partial charge >= 0.3 is 0 Å². The minimum absolute atomic E-state index is 0.00387. The number of likely N-dealkylation sites (N-methyl/N-ethyl adjacent to an activating group) is 1. The van der Waals surface area contributed by atoms with E-state index in [-0.39, 0.29) is 11.8 Å². The van der Waals surface area contributed by atoms with Crippen LogP contribution < -0.4 is 0 Å². The van der Waals surface area contributed by atoms with Gasteiger partial charge in [-0.15, -0.1) is 11.8 Å². The summed E-state index contributed by atoms with van der Waals surface area (Å²) in [4.78, 5) is 28.4. The minimum atomic E-state index is -0.404. The van der Waals surface area contributed by atoms with Crippen molar-refractivity contribution < 1.29 is 9.59 Å². The first-order chi connectivity index (χ1) is 11.6. The van der Waals surface area contributed by atoms with Crippen LogP contribution in [-0.4, -0.2) is 52.4 Å². The summed E-state index contributed by atoms with van der Waals surface area (Å²) in [5, 5.41) is 9.09. The maximum absolute atomic E-state index is 12.5. The molecule has 0 aliphatic carbocycles. The molecule has 1 saturated heterocycles. The van der Waals surface area contributed by atoms with Crippen molar-refractivity contribution >= 4 is 29.7 Å². The molecule has 1 aromatic rings. The molecule has 1 fully saturated rings. The maximum atomic E-state index is 12.5. The zero-order chi connectivity index (χ0) is 17.5. The van der Waals surface area contributed by atoms with Crippen LogP contribution in [0.1, 0.15) is 25.0 Å². The zero-order valence-corrected chi connectivity index (χ0v) is 14.8. The number of carbonyl (C=O) groups is 2. The molecule has 0 aromatic heterocycles. The monoisotopic (exact) mass is 343 g/mol. The van der Waals surface area contributed by atoms with Gasteiger partial charge in [-0.2, -0.15) is 5.26 Å². The van der Waals surface area contributed by atoms with E-state index < -0.39 is 6.04 Å². The largest absolute Gasteiger partial charge is 0.341 e. The van der Waals surface area contributed by atoms with Gasteiger partial charge in [0.2, 0.25) is 11.8 Å². The summed E-state index contributed by atoms with van der Waals surface area (Å²) in [6.45, 7) is 5.16. The first-order valence-electron chi connectivity index (χ1n) is 7.96. The highest BCUT2D eigenvalue weighted by atomic mass is 32.2. The molecule has 1 atom stereocenters. The Kier molecular flexibility index (Phi) is 6.44. The Morgan fingerprint density at radius 2 is 2.08 bits per heavy atom. The molecule has 1 aliphatic heterocycles. The number of benzene rings is 1. The molecule has 0 unspecified atom stereocenters. The van der Waals surface area contributed by atoms with Crippen LogP contribution in [0.3, 0.4) is 0 Å². The number of nitrogens with zero attached hydrogens (tertiary/aromatic N) is 3. The second kappa shape index (κ2) is 8.55. The van der Waals surface area contributed by atoms with Gasteiger partial charge < -0.3 is 9.80 Å². The van der Waals surface area contributed by atoms with E-state index in [1.54, 1.807) is 45.8 Å². The summed E-state index contributed by atoms with van der Waals surface area (Å²) in [7, 11) is 0. The Labute approximate surface area is 146 Å². The van der Waals surface area contributed by atoms with E-state index >= 15 is 0 Å². The van der Waals surface area contributed by atoms with Crippen LogP contribution in [0.25, 0.3) is 6.08 Å². The average molecular weight is 343 g/mol. The third kappa shape index (κ3) is 3.98. The maximum Gasteiger partial charge on any atom is 0.247 e. The summed E-state index contributed by atoms with van der Waals surface area (Å²) in [5.41, 5.74) is 1.22. The summed E-state index contributed by atoms with van der Waals surface area (Å²) in [5.74, 6) is 0.951. The molecule has 2 rings (SSSR count). The van der Waals surface area contributed by atoms with Crippen LogP contribution in [0.15, 0.2) is 30.3 Å². The molecular formula is C18H21N3O2S. The summed E-state index contributed by atoms with van der Waals surface area (Å²) in [6, 6.07) is 8.81. The van der Waals surface area contributed by atoms with Crippen molar-refractivity contribution in [2.45, 2.75) is 19.9 Å². The normalized spacial score (nSPS) is 17.0. The molecule has 126 valence electrons. The third-order valence-electron chi connectivity index (χ3n) is 4.01. The average Bonchev–Trinajstić information content (AvgIpc) is 3.10. The van der Waals surface area contributed by atoms with Gasteiger partial charge in [0.1, 0.15) is 6.04 Å². The summed E-state index contributed by atoms with van der Waals surface area (Å²) >= 11 is 1.59. The molecule has 0 N–H and O–H groups in total. The number of hydrogen-bond acceptors (Lipinski definition) is 4. The van der Waals surface area contributed by atoms with Crippen LogP contribution in [-0.2, 0) is 9.59 Å². The lowest BCUT2D eigenvalue weighted by Crippen LogP contribution is -2.48. The Morgan fingerprint density at radius 1 is 1.38 bits per heavy atom. The van der Waals surface area contributed by atoms with Gasteiger partial charge in [0, 0.05) is 24.9 Å². The molecule has 0 spiro atoms. The van der Waals surface area contributed by atoms with Crippen LogP contribution >= 0.6 is 11.8 Å². The molecule has 0 bridgehead atoms. The Morgan fingerprint density at radius 3 is 2.75 bits per heavy atom. The highest BCUT2D eigenvalue weighted by Gasteiger charge is 2.35. The fourth-order valence-corrected chi connectivity index (χ4v) is 3.77. The lowest BCUT2D eigenvalue weighted by atomic mass is 10.1. The number of thioether (sulfide) groups is 1. The number of hydrogen-bond donors (Lipinski definition) is 0. The van der Waals surface area contributed by atoms with E-state index in [1.165, 1.54) is 6.08 Å². The Hall–Kier alpha value is -2.26. The van der Waals surface area contributed by atoms with Gasteiger partial charge in [0.05, 0.1) is 17.5 Å². The van der Waals surface area contributed by atoms with Gasteiger partial charge in [-0.05, 0) is 31.6 Å². The van der Waals surface area contributed by atoms with Crippen molar-refractivity contribution in [2.24, 2.45) is 0 Å². The highest BCUT2D eigenvalue weighted by molar-refractivity contribution is 7.99. The van der Waals surface area contributed by atoms with Crippen molar-refractivity contribution in [1.82, 2.24) is 9.80 Å². The highest BCUT2D eigenvalue weighted by Crippen LogP contribution is 2.23. The van der Waals surface area contributed by atoms with Crippen LogP contribution in [0.4, 0.5) is 0 Å².